The van der Waals surface area contributed by atoms with Crippen molar-refractivity contribution in [3.63, 3.8) is 0 Å². The van der Waals surface area contributed by atoms with E-state index in [9.17, 15) is 9.59 Å². The largest absolute Gasteiger partial charge is 0.422 e. The van der Waals surface area contributed by atoms with Crippen molar-refractivity contribution in [1.29, 1.82) is 0 Å². The van der Waals surface area contributed by atoms with Gasteiger partial charge in [-0.1, -0.05) is 29.8 Å². The number of aryl methyl sites for hydroxylation is 1. The van der Waals surface area contributed by atoms with Crippen molar-refractivity contribution in [1.82, 2.24) is 9.97 Å². The maximum Gasteiger partial charge on any atom is 0.363 e. The Morgan fingerprint density at radius 2 is 1.66 bits per heavy atom. The van der Waals surface area contributed by atoms with Crippen LogP contribution in [0.2, 0.25) is 0 Å². The molecule has 0 saturated heterocycles. The first kappa shape index (κ1) is 18.3. The number of esters is 1. The maximum atomic E-state index is 12.3. The van der Waals surface area contributed by atoms with E-state index in [1.54, 1.807) is 36.4 Å². The van der Waals surface area contributed by atoms with Crippen LogP contribution in [0.25, 0.3) is 11.0 Å². The summed E-state index contributed by atoms with van der Waals surface area (Å²) in [7, 11) is 0. The van der Waals surface area contributed by atoms with Crippen molar-refractivity contribution in [3.05, 3.63) is 95.8 Å². The predicted molar refractivity (Wildman–Crippen MR) is 110 cm³/mol. The minimum atomic E-state index is -0.597. The molecule has 0 unspecified atom stereocenters. The number of nitrogens with one attached hydrogen (secondary N) is 1. The zero-order valence-electron chi connectivity index (χ0n) is 15.6. The first-order valence-electron chi connectivity index (χ1n) is 9.00. The second-order valence-corrected chi connectivity index (χ2v) is 6.48. The molecule has 142 valence electrons. The number of nitrogens with zero attached hydrogens (tertiary/aromatic N) is 2. The van der Waals surface area contributed by atoms with Crippen LogP contribution in [0, 0.1) is 6.92 Å². The molecule has 4 aromatic rings. The Morgan fingerprint density at radius 3 is 2.41 bits per heavy atom. The monoisotopic (exact) mass is 383 g/mol. The third-order valence-corrected chi connectivity index (χ3v) is 4.26. The molecular weight excluding hydrogens is 366 g/mol. The zero-order valence-corrected chi connectivity index (χ0v) is 15.6. The molecular formula is C23H17N3O3. The van der Waals surface area contributed by atoms with Crippen LogP contribution in [0.4, 0.5) is 5.69 Å². The van der Waals surface area contributed by atoms with Gasteiger partial charge in [0, 0.05) is 11.3 Å². The first-order valence-corrected chi connectivity index (χ1v) is 9.00. The molecule has 0 bridgehead atoms. The molecule has 0 atom stereocenters. The molecule has 1 N–H and O–H groups in total. The average molecular weight is 383 g/mol. The summed E-state index contributed by atoms with van der Waals surface area (Å²) in [5, 5.41) is 2.82. The highest BCUT2D eigenvalue weighted by molar-refractivity contribution is 6.04. The highest BCUT2D eigenvalue weighted by Crippen LogP contribution is 2.18. The lowest BCUT2D eigenvalue weighted by atomic mass is 10.1. The lowest BCUT2D eigenvalue weighted by molar-refractivity contribution is 0.0728. The van der Waals surface area contributed by atoms with E-state index < -0.39 is 5.97 Å². The van der Waals surface area contributed by atoms with Gasteiger partial charge in [-0.05, 0) is 55.5 Å². The van der Waals surface area contributed by atoms with Crippen LogP contribution >= 0.6 is 0 Å². The normalized spacial score (nSPS) is 10.5. The van der Waals surface area contributed by atoms with Crippen LogP contribution in [0.3, 0.4) is 0 Å². The van der Waals surface area contributed by atoms with Crippen LogP contribution < -0.4 is 10.1 Å². The molecule has 6 nitrogen and oxygen atoms in total. The Morgan fingerprint density at radius 1 is 0.897 bits per heavy atom. The Balaban J connectivity index is 1.43. The first-order chi connectivity index (χ1) is 14.1. The Labute approximate surface area is 167 Å². The number of anilines is 1. The van der Waals surface area contributed by atoms with Gasteiger partial charge in [0.25, 0.3) is 5.91 Å². The van der Waals surface area contributed by atoms with Gasteiger partial charge in [-0.2, -0.15) is 0 Å². The molecule has 3 aromatic carbocycles. The smallest absolute Gasteiger partial charge is 0.363 e. The maximum absolute atomic E-state index is 12.3. The summed E-state index contributed by atoms with van der Waals surface area (Å²) in [5.74, 6) is -0.455. The molecule has 0 aliphatic carbocycles. The molecule has 4 rings (SSSR count). The second-order valence-electron chi connectivity index (χ2n) is 6.48. The van der Waals surface area contributed by atoms with E-state index >= 15 is 0 Å². The third-order valence-electron chi connectivity index (χ3n) is 4.26. The molecule has 0 spiro atoms. The molecule has 1 aromatic heterocycles. The van der Waals surface area contributed by atoms with Crippen molar-refractivity contribution in [3.8, 4) is 5.75 Å². The van der Waals surface area contributed by atoms with Crippen LogP contribution in [0.5, 0.6) is 5.75 Å². The number of hydrogen-bond donors (Lipinski definition) is 1. The Bertz CT molecular complexity index is 1200. The van der Waals surface area contributed by atoms with Gasteiger partial charge in [0.2, 0.25) is 0 Å². The van der Waals surface area contributed by atoms with Crippen LogP contribution in [-0.4, -0.2) is 21.8 Å². The molecule has 6 heteroatoms. The van der Waals surface area contributed by atoms with Crippen molar-refractivity contribution in [2.75, 3.05) is 5.32 Å². The van der Waals surface area contributed by atoms with Gasteiger partial charge in [0.05, 0.1) is 17.2 Å². The quantitative estimate of drug-likeness (QED) is 0.417. The van der Waals surface area contributed by atoms with Crippen molar-refractivity contribution in [2.45, 2.75) is 6.92 Å². The number of ether oxygens (including phenoxy) is 1. The van der Waals surface area contributed by atoms with Crippen molar-refractivity contribution < 1.29 is 14.3 Å². The number of carbonyl (C=O) groups excluding carboxylic acids is 2. The summed E-state index contributed by atoms with van der Waals surface area (Å²) in [5.41, 5.74) is 3.64. The molecule has 0 radical (unpaired) electrons. The van der Waals surface area contributed by atoms with Gasteiger partial charge in [-0.15, -0.1) is 0 Å². The van der Waals surface area contributed by atoms with E-state index in [1.165, 1.54) is 6.20 Å². The third kappa shape index (κ3) is 4.27. The Kier molecular flexibility index (Phi) is 4.99. The highest BCUT2D eigenvalue weighted by atomic mass is 16.5. The number of para-hydroxylation sites is 2. The fourth-order valence-corrected chi connectivity index (χ4v) is 2.81. The fourth-order valence-electron chi connectivity index (χ4n) is 2.81. The summed E-state index contributed by atoms with van der Waals surface area (Å²) in [6, 6.07) is 21.2. The van der Waals surface area contributed by atoms with Gasteiger partial charge in [-0.3, -0.25) is 9.78 Å². The lowest BCUT2D eigenvalue weighted by Gasteiger charge is -2.08. The molecule has 0 aliphatic rings. The number of amides is 1. The average Bonchev–Trinajstić information content (AvgIpc) is 2.74. The number of benzene rings is 3. The molecule has 0 fully saturated rings. The van der Waals surface area contributed by atoms with E-state index in [0.29, 0.717) is 28.0 Å². The molecule has 1 heterocycles. The van der Waals surface area contributed by atoms with E-state index in [0.717, 1.165) is 5.56 Å². The molecule has 0 aliphatic heterocycles. The van der Waals surface area contributed by atoms with Gasteiger partial charge in [-0.25, -0.2) is 9.78 Å². The summed E-state index contributed by atoms with van der Waals surface area (Å²) in [6.07, 6.45) is 1.39. The fraction of sp³-hybridized carbons (Fsp3) is 0.0435. The second kappa shape index (κ2) is 7.90. The van der Waals surface area contributed by atoms with Gasteiger partial charge >= 0.3 is 5.97 Å². The van der Waals surface area contributed by atoms with Crippen molar-refractivity contribution >= 4 is 28.6 Å². The summed E-state index contributed by atoms with van der Waals surface area (Å²) >= 11 is 0. The summed E-state index contributed by atoms with van der Waals surface area (Å²) in [4.78, 5) is 33.1. The minimum Gasteiger partial charge on any atom is -0.422 e. The van der Waals surface area contributed by atoms with Crippen LogP contribution in [-0.2, 0) is 0 Å². The standard InChI is InChI=1S/C23H17N3O3/c1-15-5-4-6-16(13-15)22(27)25-17-9-11-18(12-10-17)29-23(28)21-14-24-19-7-2-3-8-20(19)26-21/h2-14H,1H3,(H,25,27). The number of hydrogen-bond acceptors (Lipinski definition) is 5. The van der Waals surface area contributed by atoms with Crippen molar-refractivity contribution in [2.24, 2.45) is 0 Å². The predicted octanol–water partition coefficient (Wildman–Crippen LogP) is 4.41. The minimum absolute atomic E-state index is 0.125. The van der Waals surface area contributed by atoms with Gasteiger partial charge in [0.1, 0.15) is 5.75 Å². The number of carbonyl (C=O) groups is 2. The van der Waals surface area contributed by atoms with E-state index in [4.69, 9.17) is 4.74 Å². The van der Waals surface area contributed by atoms with Gasteiger partial charge < -0.3 is 10.1 Å². The number of fused-ring (bicyclic) bond motifs is 1. The van der Waals surface area contributed by atoms with E-state index in [1.807, 2.05) is 43.3 Å². The highest BCUT2D eigenvalue weighted by Gasteiger charge is 2.12. The van der Waals surface area contributed by atoms with E-state index in [2.05, 4.69) is 15.3 Å². The summed E-state index contributed by atoms with van der Waals surface area (Å²) in [6.45, 7) is 1.93. The molecule has 29 heavy (non-hydrogen) atoms. The van der Waals surface area contributed by atoms with Crippen LogP contribution in [0.1, 0.15) is 26.4 Å². The SMILES string of the molecule is Cc1cccc(C(=O)Nc2ccc(OC(=O)c3cnc4ccccc4n3)cc2)c1. The Hall–Kier alpha value is -4.06. The van der Waals surface area contributed by atoms with Gasteiger partial charge in [0.15, 0.2) is 5.69 Å². The van der Waals surface area contributed by atoms with Crippen LogP contribution in [0.15, 0.2) is 79.0 Å². The molecule has 0 saturated carbocycles. The van der Waals surface area contributed by atoms with E-state index in [-0.39, 0.29) is 11.6 Å². The lowest BCUT2D eigenvalue weighted by Crippen LogP contribution is -2.13. The zero-order chi connectivity index (χ0) is 20.2. The number of aromatic nitrogens is 2. The topological polar surface area (TPSA) is 81.2 Å². The number of rotatable bonds is 4. The summed E-state index contributed by atoms with van der Waals surface area (Å²) < 4.78 is 5.36. The molecule has 1 amide bonds.